The molecular weight excluding hydrogens is 303 g/mol. The van der Waals surface area contributed by atoms with Gasteiger partial charge in [0.25, 0.3) is 0 Å². The van der Waals surface area contributed by atoms with Crippen molar-refractivity contribution in [3.63, 3.8) is 0 Å². The largest absolute Gasteiger partial charge is 0.296 e. The summed E-state index contributed by atoms with van der Waals surface area (Å²) in [4.78, 5) is 8.97. The van der Waals surface area contributed by atoms with Crippen LogP contribution in [-0.4, -0.2) is 41.0 Å². The molecule has 4 nitrogen and oxygen atoms in total. The zero-order chi connectivity index (χ0) is 16.9. The van der Waals surface area contributed by atoms with E-state index >= 15 is 0 Å². The highest BCUT2D eigenvalue weighted by Gasteiger charge is 2.22. The van der Waals surface area contributed by atoms with Gasteiger partial charge in [0.15, 0.2) is 0 Å². The van der Waals surface area contributed by atoms with Crippen LogP contribution in [0.4, 0.5) is 4.39 Å². The first-order valence-corrected chi connectivity index (χ1v) is 8.22. The van der Waals surface area contributed by atoms with Crippen LogP contribution in [-0.2, 0) is 6.54 Å². The van der Waals surface area contributed by atoms with Gasteiger partial charge in [0, 0.05) is 51.2 Å². The summed E-state index contributed by atoms with van der Waals surface area (Å²) in [5, 5.41) is 9.16. The average Bonchev–Trinajstić information content (AvgIpc) is 2.64. The highest BCUT2D eigenvalue weighted by molar-refractivity contribution is 5.37. The maximum Gasteiger partial charge on any atom is 0.124 e. The van der Waals surface area contributed by atoms with Crippen molar-refractivity contribution in [1.29, 1.82) is 5.26 Å². The number of rotatable bonds is 4. The zero-order valence-electron chi connectivity index (χ0n) is 13.8. The lowest BCUT2D eigenvalue weighted by Crippen LogP contribution is -2.46. The van der Waals surface area contributed by atoms with E-state index in [0.29, 0.717) is 18.2 Å². The Kier molecular flexibility index (Phi) is 5.19. The smallest absolute Gasteiger partial charge is 0.124 e. The molecule has 0 spiro atoms. The Balaban J connectivity index is 1.59. The second-order valence-electron chi connectivity index (χ2n) is 6.19. The van der Waals surface area contributed by atoms with Crippen molar-refractivity contribution >= 4 is 0 Å². The average molecular weight is 324 g/mol. The molecule has 124 valence electrons. The van der Waals surface area contributed by atoms with E-state index in [0.717, 1.165) is 31.7 Å². The first kappa shape index (κ1) is 16.6. The van der Waals surface area contributed by atoms with E-state index in [1.54, 1.807) is 12.3 Å². The molecule has 2 aromatic rings. The Hall–Kier alpha value is -2.29. The van der Waals surface area contributed by atoms with Crippen LogP contribution in [0.2, 0.25) is 0 Å². The topological polar surface area (TPSA) is 43.2 Å². The third-order valence-corrected chi connectivity index (χ3v) is 4.71. The molecule has 5 heteroatoms. The Labute approximate surface area is 142 Å². The Morgan fingerprint density at radius 2 is 2.04 bits per heavy atom. The maximum absolute atomic E-state index is 13.2. The van der Waals surface area contributed by atoms with Gasteiger partial charge in [0.05, 0.1) is 11.6 Å². The second-order valence-corrected chi connectivity index (χ2v) is 6.19. The molecule has 1 aromatic heterocycles. The summed E-state index contributed by atoms with van der Waals surface area (Å²) in [6, 6.07) is 11.0. The summed E-state index contributed by atoms with van der Waals surface area (Å²) in [5.74, 6) is -0.356. The molecular formula is C19H21FN4. The van der Waals surface area contributed by atoms with E-state index in [1.165, 1.54) is 17.7 Å². The summed E-state index contributed by atoms with van der Waals surface area (Å²) in [7, 11) is 0. The van der Waals surface area contributed by atoms with Crippen molar-refractivity contribution < 1.29 is 4.39 Å². The molecule has 1 fully saturated rings. The molecule has 0 radical (unpaired) electrons. The molecule has 0 aliphatic carbocycles. The number of aromatic nitrogens is 1. The summed E-state index contributed by atoms with van der Waals surface area (Å²) < 4.78 is 13.2. The lowest BCUT2D eigenvalue weighted by Gasteiger charge is -2.38. The number of nitrogens with zero attached hydrogens (tertiary/aromatic N) is 4. The first-order valence-electron chi connectivity index (χ1n) is 8.22. The number of halogens is 1. The molecule has 2 heterocycles. The number of piperazine rings is 1. The molecule has 3 rings (SSSR count). The van der Waals surface area contributed by atoms with E-state index in [1.807, 2.05) is 12.3 Å². The second kappa shape index (κ2) is 7.52. The van der Waals surface area contributed by atoms with Crippen LogP contribution in [0.25, 0.3) is 0 Å². The highest BCUT2D eigenvalue weighted by Crippen LogP contribution is 2.21. The summed E-state index contributed by atoms with van der Waals surface area (Å²) >= 11 is 0. The Morgan fingerprint density at radius 1 is 1.25 bits per heavy atom. The predicted octanol–water partition coefficient (Wildman–Crippen LogP) is 2.97. The molecule has 1 aliphatic heterocycles. The number of hydrogen-bond acceptors (Lipinski definition) is 4. The van der Waals surface area contributed by atoms with Crippen LogP contribution >= 0.6 is 0 Å². The van der Waals surface area contributed by atoms with Crippen molar-refractivity contribution in [1.82, 2.24) is 14.8 Å². The Morgan fingerprint density at radius 3 is 2.71 bits per heavy atom. The van der Waals surface area contributed by atoms with Gasteiger partial charge in [-0.1, -0.05) is 12.1 Å². The summed E-state index contributed by atoms with van der Waals surface area (Å²) in [6.07, 6.45) is 3.72. The van der Waals surface area contributed by atoms with Crippen LogP contribution in [0, 0.1) is 17.1 Å². The quantitative estimate of drug-likeness (QED) is 0.867. The van der Waals surface area contributed by atoms with Gasteiger partial charge in [0.1, 0.15) is 5.82 Å². The summed E-state index contributed by atoms with van der Waals surface area (Å²) in [5.41, 5.74) is 2.56. The molecule has 1 atom stereocenters. The van der Waals surface area contributed by atoms with E-state index < -0.39 is 0 Å². The normalized spacial score (nSPS) is 17.4. The fourth-order valence-electron chi connectivity index (χ4n) is 3.17. The van der Waals surface area contributed by atoms with E-state index in [2.05, 4.69) is 33.8 Å². The van der Waals surface area contributed by atoms with Gasteiger partial charge in [-0.3, -0.25) is 14.8 Å². The van der Waals surface area contributed by atoms with Gasteiger partial charge >= 0.3 is 0 Å². The fourth-order valence-corrected chi connectivity index (χ4v) is 3.17. The van der Waals surface area contributed by atoms with Gasteiger partial charge < -0.3 is 0 Å². The van der Waals surface area contributed by atoms with Gasteiger partial charge in [-0.2, -0.15) is 5.26 Å². The van der Waals surface area contributed by atoms with Gasteiger partial charge in [-0.15, -0.1) is 0 Å². The minimum atomic E-state index is -0.356. The van der Waals surface area contributed by atoms with E-state index in [4.69, 9.17) is 5.26 Å². The molecule has 0 bridgehead atoms. The lowest BCUT2D eigenvalue weighted by molar-refractivity contribution is 0.0977. The van der Waals surface area contributed by atoms with E-state index in [9.17, 15) is 4.39 Å². The van der Waals surface area contributed by atoms with Crippen LogP contribution in [0.3, 0.4) is 0 Å². The first-order chi connectivity index (χ1) is 11.7. The number of hydrogen-bond donors (Lipinski definition) is 0. The van der Waals surface area contributed by atoms with Gasteiger partial charge in [-0.25, -0.2) is 4.39 Å². The van der Waals surface area contributed by atoms with E-state index in [-0.39, 0.29) is 5.82 Å². The third kappa shape index (κ3) is 3.78. The third-order valence-electron chi connectivity index (χ3n) is 4.71. The highest BCUT2D eigenvalue weighted by atomic mass is 19.1. The van der Waals surface area contributed by atoms with Crippen molar-refractivity contribution in [2.75, 3.05) is 26.2 Å². The number of benzene rings is 1. The van der Waals surface area contributed by atoms with Crippen molar-refractivity contribution in [2.45, 2.75) is 19.5 Å². The minimum absolute atomic E-state index is 0.348. The zero-order valence-corrected chi connectivity index (χ0v) is 13.8. The molecule has 0 N–H and O–H groups in total. The van der Waals surface area contributed by atoms with Crippen LogP contribution in [0.1, 0.15) is 29.7 Å². The van der Waals surface area contributed by atoms with Crippen molar-refractivity contribution in [2.24, 2.45) is 0 Å². The summed E-state index contributed by atoms with van der Waals surface area (Å²) in [6.45, 7) is 6.72. The minimum Gasteiger partial charge on any atom is -0.296 e. The van der Waals surface area contributed by atoms with Crippen molar-refractivity contribution in [3.8, 4) is 6.07 Å². The van der Waals surface area contributed by atoms with Crippen LogP contribution < -0.4 is 0 Å². The monoisotopic (exact) mass is 324 g/mol. The fraction of sp³-hybridized carbons (Fsp3) is 0.368. The maximum atomic E-state index is 13.2. The molecule has 0 saturated carbocycles. The Bertz CT molecular complexity index is 718. The molecule has 1 aromatic carbocycles. The van der Waals surface area contributed by atoms with Gasteiger partial charge in [0.2, 0.25) is 0 Å². The molecule has 1 aliphatic rings. The standard InChI is InChI=1S/C19H21FN4/c1-15(16-3-2-6-22-13-16)24-9-7-23(8-10-24)14-17-4-5-19(20)11-18(17)12-21/h2-6,11,13,15H,7-10,14H2,1H3/t15-/m1/s1. The predicted molar refractivity (Wildman–Crippen MR) is 90.6 cm³/mol. The van der Waals surface area contributed by atoms with Crippen LogP contribution in [0.15, 0.2) is 42.7 Å². The molecule has 0 amide bonds. The van der Waals surface area contributed by atoms with Gasteiger partial charge in [-0.05, 0) is 36.2 Å². The SMILES string of the molecule is C[C@H](c1cccnc1)N1CCN(Cc2ccc(F)cc2C#N)CC1. The number of nitriles is 1. The van der Waals surface area contributed by atoms with Crippen LogP contribution in [0.5, 0.6) is 0 Å². The molecule has 0 unspecified atom stereocenters. The lowest BCUT2D eigenvalue weighted by atomic mass is 10.1. The molecule has 1 saturated heterocycles. The van der Waals surface area contributed by atoms with Crippen molar-refractivity contribution in [3.05, 3.63) is 65.2 Å². The molecule has 24 heavy (non-hydrogen) atoms. The number of pyridine rings is 1.